The molecule has 1 unspecified atom stereocenters. The molecule has 0 amide bonds. The molecule has 0 aromatic carbocycles. The standard InChI is InChI=1S/C8H13NO2/c10-7(11)6-4-8(5-9-6)2-1-3-8/h6,9H,1-5H2,(H,10,11). The summed E-state index contributed by atoms with van der Waals surface area (Å²) < 4.78 is 0. The highest BCUT2D eigenvalue weighted by molar-refractivity contribution is 5.74. The fourth-order valence-corrected chi connectivity index (χ4v) is 2.15. The van der Waals surface area contributed by atoms with E-state index >= 15 is 0 Å². The largest absolute Gasteiger partial charge is 0.480 e. The zero-order valence-electron chi connectivity index (χ0n) is 6.47. The minimum atomic E-state index is -0.686. The summed E-state index contributed by atoms with van der Waals surface area (Å²) in [4.78, 5) is 10.6. The zero-order chi connectivity index (χ0) is 7.90. The molecular weight excluding hydrogens is 142 g/mol. The molecular formula is C8H13NO2. The molecule has 1 heterocycles. The van der Waals surface area contributed by atoms with Gasteiger partial charge in [0, 0.05) is 6.54 Å². The van der Waals surface area contributed by atoms with Crippen LogP contribution in [0.1, 0.15) is 25.7 Å². The summed E-state index contributed by atoms with van der Waals surface area (Å²) in [6.45, 7) is 0.921. The molecule has 0 radical (unpaired) electrons. The Bertz CT molecular complexity index is 187. The SMILES string of the molecule is O=C(O)C1CC2(CCC2)CN1. The van der Waals surface area contributed by atoms with Gasteiger partial charge in [0.25, 0.3) is 0 Å². The molecule has 2 N–H and O–H groups in total. The lowest BCUT2D eigenvalue weighted by atomic mass is 9.67. The Kier molecular flexibility index (Phi) is 1.42. The van der Waals surface area contributed by atoms with Crippen LogP contribution in [0.2, 0.25) is 0 Å². The molecule has 62 valence electrons. The number of rotatable bonds is 1. The first kappa shape index (κ1) is 7.10. The van der Waals surface area contributed by atoms with Gasteiger partial charge in [0.1, 0.15) is 6.04 Å². The average Bonchev–Trinajstić information content (AvgIpc) is 2.28. The van der Waals surface area contributed by atoms with Gasteiger partial charge in [-0.1, -0.05) is 6.42 Å². The third-order valence-electron chi connectivity index (χ3n) is 3.07. The third-order valence-corrected chi connectivity index (χ3v) is 3.07. The van der Waals surface area contributed by atoms with Crippen LogP contribution in [0.5, 0.6) is 0 Å². The first-order valence-corrected chi connectivity index (χ1v) is 4.18. The van der Waals surface area contributed by atoms with Gasteiger partial charge in [0.15, 0.2) is 0 Å². The molecule has 1 saturated carbocycles. The Morgan fingerprint density at radius 3 is 2.55 bits per heavy atom. The van der Waals surface area contributed by atoms with Gasteiger partial charge in [-0.25, -0.2) is 0 Å². The highest BCUT2D eigenvalue weighted by Gasteiger charge is 2.45. The molecule has 1 aliphatic heterocycles. The smallest absolute Gasteiger partial charge is 0.320 e. The highest BCUT2D eigenvalue weighted by Crippen LogP contribution is 2.46. The third kappa shape index (κ3) is 1.03. The normalized spacial score (nSPS) is 33.6. The summed E-state index contributed by atoms with van der Waals surface area (Å²) in [5.41, 5.74) is 0.378. The van der Waals surface area contributed by atoms with Crippen LogP contribution in [0.4, 0.5) is 0 Å². The van der Waals surface area contributed by atoms with Crippen LogP contribution in [0.25, 0.3) is 0 Å². The summed E-state index contributed by atoms with van der Waals surface area (Å²) in [7, 11) is 0. The number of nitrogens with one attached hydrogen (secondary N) is 1. The van der Waals surface area contributed by atoms with E-state index in [0.717, 1.165) is 13.0 Å². The van der Waals surface area contributed by atoms with Crippen molar-refractivity contribution in [3.63, 3.8) is 0 Å². The van der Waals surface area contributed by atoms with Crippen LogP contribution in [0.15, 0.2) is 0 Å². The van der Waals surface area contributed by atoms with Crippen molar-refractivity contribution < 1.29 is 9.90 Å². The van der Waals surface area contributed by atoms with Crippen LogP contribution in [0.3, 0.4) is 0 Å². The van der Waals surface area contributed by atoms with Gasteiger partial charge in [0.05, 0.1) is 0 Å². The molecule has 11 heavy (non-hydrogen) atoms. The predicted octanol–water partition coefficient (Wildman–Crippen LogP) is 0.603. The molecule has 0 aromatic heterocycles. The molecule has 2 aliphatic rings. The van der Waals surface area contributed by atoms with Gasteiger partial charge in [-0.2, -0.15) is 0 Å². The molecule has 1 aliphatic carbocycles. The van der Waals surface area contributed by atoms with Crippen molar-refractivity contribution in [2.75, 3.05) is 6.54 Å². The van der Waals surface area contributed by atoms with Gasteiger partial charge >= 0.3 is 5.97 Å². The molecule has 1 atom stereocenters. The Morgan fingerprint density at radius 2 is 2.27 bits per heavy atom. The fraction of sp³-hybridized carbons (Fsp3) is 0.875. The molecule has 2 rings (SSSR count). The van der Waals surface area contributed by atoms with E-state index in [1.54, 1.807) is 0 Å². The van der Waals surface area contributed by atoms with Crippen molar-refractivity contribution in [1.82, 2.24) is 5.32 Å². The van der Waals surface area contributed by atoms with Crippen LogP contribution >= 0.6 is 0 Å². The number of hydrogen-bond acceptors (Lipinski definition) is 2. The van der Waals surface area contributed by atoms with Crippen LogP contribution in [0, 0.1) is 5.41 Å². The van der Waals surface area contributed by atoms with Crippen molar-refractivity contribution in [1.29, 1.82) is 0 Å². The van der Waals surface area contributed by atoms with Crippen molar-refractivity contribution in [3.05, 3.63) is 0 Å². The van der Waals surface area contributed by atoms with E-state index < -0.39 is 5.97 Å². The zero-order valence-corrected chi connectivity index (χ0v) is 6.47. The summed E-state index contributed by atoms with van der Waals surface area (Å²) in [6, 6.07) is -0.268. The Morgan fingerprint density at radius 1 is 1.55 bits per heavy atom. The maximum absolute atomic E-state index is 10.6. The molecule has 0 aromatic rings. The lowest BCUT2D eigenvalue weighted by molar-refractivity contribution is -0.139. The highest BCUT2D eigenvalue weighted by atomic mass is 16.4. The minimum absolute atomic E-state index is 0.268. The average molecular weight is 155 g/mol. The fourth-order valence-electron chi connectivity index (χ4n) is 2.15. The van der Waals surface area contributed by atoms with Crippen LogP contribution < -0.4 is 5.32 Å². The number of hydrogen-bond donors (Lipinski definition) is 2. The Balaban J connectivity index is 1.98. The van der Waals surface area contributed by atoms with Gasteiger partial charge in [-0.05, 0) is 24.7 Å². The summed E-state index contributed by atoms with van der Waals surface area (Å²) in [5.74, 6) is -0.686. The van der Waals surface area contributed by atoms with Crippen molar-refractivity contribution in [3.8, 4) is 0 Å². The van der Waals surface area contributed by atoms with Gasteiger partial charge in [0.2, 0.25) is 0 Å². The minimum Gasteiger partial charge on any atom is -0.480 e. The Labute approximate surface area is 65.8 Å². The Hall–Kier alpha value is -0.570. The topological polar surface area (TPSA) is 49.3 Å². The molecule has 3 heteroatoms. The van der Waals surface area contributed by atoms with Gasteiger partial charge in [-0.15, -0.1) is 0 Å². The molecule has 0 bridgehead atoms. The van der Waals surface area contributed by atoms with E-state index in [0.29, 0.717) is 5.41 Å². The van der Waals surface area contributed by atoms with E-state index in [2.05, 4.69) is 5.32 Å². The summed E-state index contributed by atoms with van der Waals surface area (Å²) in [6.07, 6.45) is 4.59. The van der Waals surface area contributed by atoms with Crippen molar-refractivity contribution in [2.45, 2.75) is 31.7 Å². The number of carboxylic acid groups (broad SMARTS) is 1. The second kappa shape index (κ2) is 2.21. The molecule has 2 fully saturated rings. The van der Waals surface area contributed by atoms with E-state index in [1.165, 1.54) is 19.3 Å². The van der Waals surface area contributed by atoms with E-state index in [4.69, 9.17) is 5.11 Å². The number of carbonyl (C=O) groups is 1. The first-order valence-electron chi connectivity index (χ1n) is 4.18. The second-order valence-electron chi connectivity index (χ2n) is 3.83. The maximum Gasteiger partial charge on any atom is 0.320 e. The van der Waals surface area contributed by atoms with Crippen LogP contribution in [-0.2, 0) is 4.79 Å². The number of aliphatic carboxylic acids is 1. The van der Waals surface area contributed by atoms with Gasteiger partial charge < -0.3 is 10.4 Å². The maximum atomic E-state index is 10.6. The second-order valence-corrected chi connectivity index (χ2v) is 3.83. The molecule has 3 nitrogen and oxygen atoms in total. The van der Waals surface area contributed by atoms with Crippen molar-refractivity contribution in [2.24, 2.45) is 5.41 Å². The lowest BCUT2D eigenvalue weighted by Gasteiger charge is -2.37. The first-order chi connectivity index (χ1) is 5.22. The quantitative estimate of drug-likeness (QED) is 0.583. The van der Waals surface area contributed by atoms with E-state index in [-0.39, 0.29) is 6.04 Å². The van der Waals surface area contributed by atoms with E-state index in [9.17, 15) is 4.79 Å². The molecule has 1 saturated heterocycles. The summed E-state index contributed by atoms with van der Waals surface area (Å²) >= 11 is 0. The lowest BCUT2D eigenvalue weighted by Crippen LogP contribution is -2.31. The predicted molar refractivity (Wildman–Crippen MR) is 40.3 cm³/mol. The summed E-state index contributed by atoms with van der Waals surface area (Å²) in [5, 5.41) is 11.8. The number of carboxylic acids is 1. The van der Waals surface area contributed by atoms with Crippen molar-refractivity contribution >= 4 is 5.97 Å². The molecule has 1 spiro atoms. The van der Waals surface area contributed by atoms with Crippen LogP contribution in [-0.4, -0.2) is 23.7 Å². The van der Waals surface area contributed by atoms with Gasteiger partial charge in [-0.3, -0.25) is 4.79 Å². The monoisotopic (exact) mass is 155 g/mol. The van der Waals surface area contributed by atoms with E-state index in [1.807, 2.05) is 0 Å².